The van der Waals surface area contributed by atoms with E-state index >= 15 is 0 Å². The largest absolute Gasteiger partial charge is 0.455 e. The Balaban J connectivity index is 2.20. The van der Waals surface area contributed by atoms with E-state index in [2.05, 4.69) is 15.0 Å². The van der Waals surface area contributed by atoms with Crippen molar-refractivity contribution < 1.29 is 4.74 Å². The number of nitrogens with zero attached hydrogens (tertiary/aromatic N) is 4. The molecule has 0 saturated heterocycles. The maximum absolute atomic E-state index is 5.97. The lowest BCUT2D eigenvalue weighted by Gasteiger charge is -2.19. The first kappa shape index (κ1) is 15.5. The molecule has 0 bridgehead atoms. The topological polar surface area (TPSA) is 51.1 Å². The number of hydrogen-bond acceptors (Lipinski definition) is 5. The van der Waals surface area contributed by atoms with Crippen LogP contribution in [0.25, 0.3) is 0 Å². The fourth-order valence-corrected chi connectivity index (χ4v) is 2.12. The molecule has 21 heavy (non-hydrogen) atoms. The monoisotopic (exact) mass is 306 g/mol. The van der Waals surface area contributed by atoms with E-state index in [-0.39, 0.29) is 17.4 Å². The molecule has 0 fully saturated rings. The minimum absolute atomic E-state index is 0.141. The molecule has 1 heterocycles. The van der Waals surface area contributed by atoms with Gasteiger partial charge >= 0.3 is 6.01 Å². The van der Waals surface area contributed by atoms with Gasteiger partial charge in [-0.15, -0.1) is 0 Å². The summed E-state index contributed by atoms with van der Waals surface area (Å²) in [5.41, 5.74) is 1.05. The van der Waals surface area contributed by atoms with E-state index in [1.54, 1.807) is 0 Å². The van der Waals surface area contributed by atoms with Crippen LogP contribution in [0, 0.1) is 0 Å². The summed E-state index contributed by atoms with van der Waals surface area (Å²) in [5.74, 6) is 0.537. The third kappa shape index (κ3) is 4.04. The summed E-state index contributed by atoms with van der Waals surface area (Å²) in [6, 6.07) is 10.1. The van der Waals surface area contributed by atoms with Gasteiger partial charge in [-0.05, 0) is 37.9 Å². The Morgan fingerprint density at radius 3 is 2.38 bits per heavy atom. The average Bonchev–Trinajstić information content (AvgIpc) is 2.49. The number of hydrogen-bond donors (Lipinski definition) is 0. The Kier molecular flexibility index (Phi) is 5.33. The van der Waals surface area contributed by atoms with Crippen molar-refractivity contribution in [3.63, 3.8) is 0 Å². The van der Waals surface area contributed by atoms with Crippen molar-refractivity contribution in [3.8, 4) is 6.01 Å². The molecule has 2 rings (SSSR count). The van der Waals surface area contributed by atoms with E-state index < -0.39 is 0 Å². The fraction of sp³-hybridized carbons (Fsp3) is 0.400. The van der Waals surface area contributed by atoms with Crippen LogP contribution >= 0.6 is 11.6 Å². The summed E-state index contributed by atoms with van der Waals surface area (Å²) in [6.45, 7) is 7.61. The van der Waals surface area contributed by atoms with Gasteiger partial charge in [0.25, 0.3) is 0 Å². The Morgan fingerprint density at radius 1 is 1.10 bits per heavy atom. The van der Waals surface area contributed by atoms with Gasteiger partial charge in [-0.2, -0.15) is 15.0 Å². The quantitative estimate of drug-likeness (QED) is 0.817. The van der Waals surface area contributed by atoms with Crippen LogP contribution in [0.1, 0.15) is 32.4 Å². The first-order valence-electron chi connectivity index (χ1n) is 7.02. The molecule has 1 aromatic heterocycles. The summed E-state index contributed by atoms with van der Waals surface area (Å²) in [4.78, 5) is 14.5. The first-order chi connectivity index (χ1) is 10.1. The molecule has 1 aromatic carbocycles. The molecule has 2 aromatic rings. The summed E-state index contributed by atoms with van der Waals surface area (Å²) in [6.07, 6.45) is -0.158. The van der Waals surface area contributed by atoms with E-state index in [0.29, 0.717) is 5.95 Å². The lowest BCUT2D eigenvalue weighted by Crippen LogP contribution is -2.24. The highest BCUT2D eigenvalue weighted by atomic mass is 35.5. The van der Waals surface area contributed by atoms with Crippen LogP contribution in [-0.4, -0.2) is 28.0 Å². The normalized spacial score (nSPS) is 12.0. The van der Waals surface area contributed by atoms with Crippen LogP contribution in [0.2, 0.25) is 5.28 Å². The van der Waals surface area contributed by atoms with Crippen molar-refractivity contribution in [2.75, 3.05) is 18.0 Å². The Hall–Kier alpha value is -1.88. The molecule has 0 aliphatic carbocycles. The van der Waals surface area contributed by atoms with E-state index in [0.717, 1.165) is 18.7 Å². The number of rotatable bonds is 6. The maximum atomic E-state index is 5.97. The highest BCUT2D eigenvalue weighted by Crippen LogP contribution is 2.21. The first-order valence-corrected chi connectivity index (χ1v) is 7.40. The van der Waals surface area contributed by atoms with Gasteiger partial charge in [0.2, 0.25) is 11.2 Å². The Morgan fingerprint density at radius 2 is 1.76 bits per heavy atom. The highest BCUT2D eigenvalue weighted by Gasteiger charge is 2.14. The van der Waals surface area contributed by atoms with Gasteiger partial charge in [-0.25, -0.2) is 0 Å². The van der Waals surface area contributed by atoms with Crippen LogP contribution in [0.5, 0.6) is 6.01 Å². The van der Waals surface area contributed by atoms with Gasteiger partial charge in [0.1, 0.15) is 6.10 Å². The molecular formula is C15H19ClN4O. The van der Waals surface area contributed by atoms with Gasteiger partial charge in [0, 0.05) is 13.1 Å². The SMILES string of the molecule is CCN(CC)c1nc(Cl)nc(OC(C)c2ccccc2)n1. The van der Waals surface area contributed by atoms with Crippen molar-refractivity contribution in [2.45, 2.75) is 26.9 Å². The third-order valence-electron chi connectivity index (χ3n) is 3.17. The molecule has 5 nitrogen and oxygen atoms in total. The molecule has 0 spiro atoms. The summed E-state index contributed by atoms with van der Waals surface area (Å²) >= 11 is 5.97. The second-order valence-electron chi connectivity index (χ2n) is 4.53. The van der Waals surface area contributed by atoms with Crippen molar-refractivity contribution in [1.29, 1.82) is 0 Å². The van der Waals surface area contributed by atoms with Crippen molar-refractivity contribution in [3.05, 3.63) is 41.2 Å². The van der Waals surface area contributed by atoms with Gasteiger partial charge in [0.15, 0.2) is 0 Å². The molecular weight excluding hydrogens is 288 g/mol. The van der Waals surface area contributed by atoms with E-state index in [1.807, 2.05) is 56.0 Å². The number of anilines is 1. The van der Waals surface area contributed by atoms with Crippen molar-refractivity contribution in [1.82, 2.24) is 15.0 Å². The van der Waals surface area contributed by atoms with Crippen molar-refractivity contribution in [2.24, 2.45) is 0 Å². The molecule has 0 radical (unpaired) electrons. The van der Waals surface area contributed by atoms with E-state index in [1.165, 1.54) is 0 Å². The number of aromatic nitrogens is 3. The van der Waals surface area contributed by atoms with Crippen molar-refractivity contribution >= 4 is 17.5 Å². The van der Waals surface area contributed by atoms with Crippen LogP contribution < -0.4 is 9.64 Å². The molecule has 112 valence electrons. The standard InChI is InChI=1S/C15H19ClN4O/c1-4-20(5-2)14-17-13(16)18-15(19-14)21-11(3)12-9-7-6-8-10-12/h6-11H,4-5H2,1-3H3. The van der Waals surface area contributed by atoms with Crippen LogP contribution in [0.15, 0.2) is 30.3 Å². The number of benzene rings is 1. The zero-order chi connectivity index (χ0) is 15.2. The lowest BCUT2D eigenvalue weighted by atomic mass is 10.1. The smallest absolute Gasteiger partial charge is 0.323 e. The summed E-state index contributed by atoms with van der Waals surface area (Å²) in [5, 5.41) is 0.141. The third-order valence-corrected chi connectivity index (χ3v) is 3.34. The fourth-order valence-electron chi connectivity index (χ4n) is 1.97. The average molecular weight is 307 g/mol. The predicted molar refractivity (Wildman–Crippen MR) is 83.9 cm³/mol. The minimum Gasteiger partial charge on any atom is -0.455 e. The maximum Gasteiger partial charge on any atom is 0.323 e. The predicted octanol–water partition coefficient (Wildman–Crippen LogP) is 3.51. The van der Waals surface area contributed by atoms with Crippen LogP contribution in [0.4, 0.5) is 5.95 Å². The van der Waals surface area contributed by atoms with Gasteiger partial charge in [0.05, 0.1) is 0 Å². The molecule has 0 amide bonds. The van der Waals surface area contributed by atoms with Gasteiger partial charge in [-0.3, -0.25) is 0 Å². The summed E-state index contributed by atoms with van der Waals surface area (Å²) in [7, 11) is 0. The second kappa shape index (κ2) is 7.22. The number of ether oxygens (including phenoxy) is 1. The van der Waals surface area contributed by atoms with Gasteiger partial charge in [-0.1, -0.05) is 30.3 Å². The lowest BCUT2D eigenvalue weighted by molar-refractivity contribution is 0.207. The minimum atomic E-state index is -0.158. The van der Waals surface area contributed by atoms with Gasteiger partial charge < -0.3 is 9.64 Å². The molecule has 0 saturated carbocycles. The van der Waals surface area contributed by atoms with E-state index in [9.17, 15) is 0 Å². The molecule has 1 unspecified atom stereocenters. The highest BCUT2D eigenvalue weighted by molar-refractivity contribution is 6.28. The second-order valence-corrected chi connectivity index (χ2v) is 4.87. The molecule has 0 N–H and O–H groups in total. The molecule has 0 aliphatic heterocycles. The Labute approximate surface area is 130 Å². The zero-order valence-electron chi connectivity index (χ0n) is 12.5. The molecule has 6 heteroatoms. The summed E-state index contributed by atoms with van der Waals surface area (Å²) < 4.78 is 5.79. The van der Waals surface area contributed by atoms with E-state index in [4.69, 9.17) is 16.3 Å². The van der Waals surface area contributed by atoms with Crippen LogP contribution in [-0.2, 0) is 0 Å². The number of halogens is 1. The molecule has 0 aliphatic rings. The zero-order valence-corrected chi connectivity index (χ0v) is 13.2. The Bertz CT molecular complexity index is 575. The molecule has 1 atom stereocenters. The van der Waals surface area contributed by atoms with Crippen LogP contribution in [0.3, 0.4) is 0 Å².